The molecule has 0 saturated carbocycles. The predicted octanol–water partition coefficient (Wildman–Crippen LogP) is 4.30. The van der Waals surface area contributed by atoms with E-state index in [9.17, 15) is 4.79 Å². The molecule has 0 aliphatic heterocycles. The molecule has 2 aromatic rings. The van der Waals surface area contributed by atoms with Crippen LogP contribution in [0.2, 0.25) is 5.02 Å². The zero-order valence-corrected chi connectivity index (χ0v) is 14.9. The summed E-state index contributed by atoms with van der Waals surface area (Å²) in [5, 5.41) is 3.65. The number of ether oxygens (including phenoxy) is 2. The number of methoxy groups -OCH3 is 1. The van der Waals surface area contributed by atoms with Crippen LogP contribution in [0.4, 0.5) is 0 Å². The van der Waals surface area contributed by atoms with Crippen molar-refractivity contribution in [2.24, 2.45) is 0 Å². The fourth-order valence-electron chi connectivity index (χ4n) is 2.39. The second-order valence-electron chi connectivity index (χ2n) is 5.52. The van der Waals surface area contributed by atoms with Gasteiger partial charge in [-0.3, -0.25) is 4.79 Å². The molecule has 5 heteroatoms. The smallest absolute Gasteiger partial charge is 0.258 e. The average Bonchev–Trinajstić information content (AvgIpc) is 2.59. The topological polar surface area (TPSA) is 47.6 Å². The maximum absolute atomic E-state index is 12.2. The third-order valence-electron chi connectivity index (χ3n) is 3.69. The highest BCUT2D eigenvalue weighted by molar-refractivity contribution is 6.30. The molecule has 24 heavy (non-hydrogen) atoms. The number of carbonyl (C=O) groups is 1. The van der Waals surface area contributed by atoms with Gasteiger partial charge >= 0.3 is 0 Å². The van der Waals surface area contributed by atoms with E-state index in [2.05, 4.69) is 5.32 Å². The zero-order chi connectivity index (χ0) is 17.5. The second-order valence-corrected chi connectivity index (χ2v) is 5.96. The fraction of sp³-hybridized carbons (Fsp3) is 0.316. The van der Waals surface area contributed by atoms with Gasteiger partial charge in [0.25, 0.3) is 5.91 Å². The Kier molecular flexibility index (Phi) is 6.50. The molecule has 4 nitrogen and oxygen atoms in total. The van der Waals surface area contributed by atoms with Crippen LogP contribution in [-0.2, 0) is 4.79 Å². The normalized spacial score (nSPS) is 11.7. The molecule has 2 rings (SSSR count). The quantitative estimate of drug-likeness (QED) is 0.812. The summed E-state index contributed by atoms with van der Waals surface area (Å²) in [6, 6.07) is 13.0. The average molecular weight is 348 g/mol. The molecule has 0 heterocycles. The lowest BCUT2D eigenvalue weighted by Crippen LogP contribution is -2.32. The second kappa shape index (κ2) is 8.60. The molecule has 1 atom stereocenters. The number of hydrogen-bond acceptors (Lipinski definition) is 3. The van der Waals surface area contributed by atoms with E-state index in [1.807, 2.05) is 50.2 Å². The monoisotopic (exact) mass is 347 g/mol. The molecule has 0 aromatic heterocycles. The lowest BCUT2D eigenvalue weighted by atomic mass is 10.0. The first-order chi connectivity index (χ1) is 11.5. The Morgan fingerprint density at radius 3 is 2.50 bits per heavy atom. The molecule has 0 aliphatic carbocycles. The zero-order valence-electron chi connectivity index (χ0n) is 14.1. The van der Waals surface area contributed by atoms with E-state index in [0.717, 1.165) is 17.5 Å². The van der Waals surface area contributed by atoms with Crippen LogP contribution in [0.5, 0.6) is 11.5 Å². The molecule has 0 radical (unpaired) electrons. The van der Waals surface area contributed by atoms with Crippen LogP contribution in [0.3, 0.4) is 0 Å². The predicted molar refractivity (Wildman–Crippen MR) is 95.9 cm³/mol. The number of hydrogen-bond donors (Lipinski definition) is 1. The Hall–Kier alpha value is -2.20. The molecule has 1 unspecified atom stereocenters. The Bertz CT molecular complexity index is 686. The summed E-state index contributed by atoms with van der Waals surface area (Å²) in [4.78, 5) is 12.2. The van der Waals surface area contributed by atoms with Gasteiger partial charge in [0, 0.05) is 5.02 Å². The Balaban J connectivity index is 1.96. The van der Waals surface area contributed by atoms with Crippen molar-refractivity contribution in [2.45, 2.75) is 26.3 Å². The highest BCUT2D eigenvalue weighted by atomic mass is 35.5. The minimum atomic E-state index is -0.181. The summed E-state index contributed by atoms with van der Waals surface area (Å²) in [7, 11) is 1.58. The van der Waals surface area contributed by atoms with E-state index in [1.165, 1.54) is 0 Å². The van der Waals surface area contributed by atoms with E-state index >= 15 is 0 Å². The molecule has 0 fully saturated rings. The largest absolute Gasteiger partial charge is 0.493 e. The van der Waals surface area contributed by atoms with Gasteiger partial charge in [-0.15, -0.1) is 0 Å². The number of aryl methyl sites for hydroxylation is 1. The van der Waals surface area contributed by atoms with Crippen molar-refractivity contribution >= 4 is 17.5 Å². The minimum Gasteiger partial charge on any atom is -0.493 e. The lowest BCUT2D eigenvalue weighted by Gasteiger charge is -2.18. The van der Waals surface area contributed by atoms with Crippen molar-refractivity contribution in [1.82, 2.24) is 5.32 Å². The van der Waals surface area contributed by atoms with Crippen LogP contribution in [0.15, 0.2) is 42.5 Å². The van der Waals surface area contributed by atoms with Gasteiger partial charge in [-0.1, -0.05) is 36.7 Å². The first kappa shape index (κ1) is 18.1. The van der Waals surface area contributed by atoms with Crippen LogP contribution in [0.1, 0.15) is 30.5 Å². The van der Waals surface area contributed by atoms with Gasteiger partial charge in [0.1, 0.15) is 0 Å². The van der Waals surface area contributed by atoms with Crippen molar-refractivity contribution in [3.63, 3.8) is 0 Å². The van der Waals surface area contributed by atoms with Gasteiger partial charge in [0.15, 0.2) is 18.1 Å². The SMILES string of the molecule is CCC(NC(=O)COc1ccc(C)cc1OC)c1ccc(Cl)cc1. The maximum Gasteiger partial charge on any atom is 0.258 e. The van der Waals surface area contributed by atoms with Crippen molar-refractivity contribution in [1.29, 1.82) is 0 Å². The van der Waals surface area contributed by atoms with E-state index < -0.39 is 0 Å². The Morgan fingerprint density at radius 1 is 1.17 bits per heavy atom. The van der Waals surface area contributed by atoms with E-state index in [-0.39, 0.29) is 18.6 Å². The van der Waals surface area contributed by atoms with Gasteiger partial charge in [-0.25, -0.2) is 0 Å². The number of halogens is 1. The number of amides is 1. The van der Waals surface area contributed by atoms with Gasteiger partial charge in [0.2, 0.25) is 0 Å². The third-order valence-corrected chi connectivity index (χ3v) is 3.95. The van der Waals surface area contributed by atoms with Crippen LogP contribution >= 0.6 is 11.6 Å². The number of carbonyl (C=O) groups excluding carboxylic acids is 1. The van der Waals surface area contributed by atoms with E-state index in [0.29, 0.717) is 16.5 Å². The molecule has 0 bridgehead atoms. The highest BCUT2D eigenvalue weighted by Crippen LogP contribution is 2.27. The molecule has 0 saturated heterocycles. The summed E-state index contributed by atoms with van der Waals surface area (Å²) in [5.74, 6) is 0.991. The Labute approximate surface area is 147 Å². The van der Waals surface area contributed by atoms with Crippen LogP contribution in [-0.4, -0.2) is 19.6 Å². The molecule has 2 aromatic carbocycles. The standard InChI is InChI=1S/C19H22ClNO3/c1-4-16(14-6-8-15(20)9-7-14)21-19(22)12-24-17-10-5-13(2)11-18(17)23-3/h5-11,16H,4,12H2,1-3H3,(H,21,22). The first-order valence-electron chi connectivity index (χ1n) is 7.85. The first-order valence-corrected chi connectivity index (χ1v) is 8.23. The summed E-state index contributed by atoms with van der Waals surface area (Å²) >= 11 is 5.90. The molecule has 1 amide bonds. The van der Waals surface area contributed by atoms with E-state index in [4.69, 9.17) is 21.1 Å². The van der Waals surface area contributed by atoms with Crippen molar-refractivity contribution in [3.8, 4) is 11.5 Å². The minimum absolute atomic E-state index is 0.0660. The maximum atomic E-state index is 12.2. The number of benzene rings is 2. The summed E-state index contributed by atoms with van der Waals surface area (Å²) in [6.07, 6.45) is 0.779. The van der Waals surface area contributed by atoms with Crippen LogP contribution in [0.25, 0.3) is 0 Å². The summed E-state index contributed by atoms with van der Waals surface area (Å²) in [5.41, 5.74) is 2.08. The molecule has 0 spiro atoms. The highest BCUT2D eigenvalue weighted by Gasteiger charge is 2.14. The van der Waals surface area contributed by atoms with E-state index in [1.54, 1.807) is 13.2 Å². The third kappa shape index (κ3) is 4.90. The Morgan fingerprint density at radius 2 is 1.88 bits per heavy atom. The molecule has 128 valence electrons. The summed E-state index contributed by atoms with van der Waals surface area (Å²) in [6.45, 7) is 3.92. The number of nitrogens with one attached hydrogen (secondary N) is 1. The molecule has 0 aliphatic rings. The van der Waals surface area contributed by atoms with Gasteiger partial charge in [-0.05, 0) is 48.7 Å². The van der Waals surface area contributed by atoms with Crippen LogP contribution < -0.4 is 14.8 Å². The summed E-state index contributed by atoms with van der Waals surface area (Å²) < 4.78 is 10.9. The fourth-order valence-corrected chi connectivity index (χ4v) is 2.52. The van der Waals surface area contributed by atoms with Gasteiger partial charge in [0.05, 0.1) is 13.2 Å². The van der Waals surface area contributed by atoms with Crippen molar-refractivity contribution in [2.75, 3.05) is 13.7 Å². The van der Waals surface area contributed by atoms with Crippen molar-refractivity contribution in [3.05, 3.63) is 58.6 Å². The molecular weight excluding hydrogens is 326 g/mol. The number of rotatable bonds is 7. The molecule has 1 N–H and O–H groups in total. The van der Waals surface area contributed by atoms with Crippen LogP contribution in [0, 0.1) is 6.92 Å². The van der Waals surface area contributed by atoms with Gasteiger partial charge in [-0.2, -0.15) is 0 Å². The molecular formula is C19H22ClNO3. The van der Waals surface area contributed by atoms with Crippen molar-refractivity contribution < 1.29 is 14.3 Å². The lowest BCUT2D eigenvalue weighted by molar-refractivity contribution is -0.123. The van der Waals surface area contributed by atoms with Gasteiger partial charge < -0.3 is 14.8 Å².